The summed E-state index contributed by atoms with van der Waals surface area (Å²) in [5.41, 5.74) is 12.1. The predicted molar refractivity (Wildman–Crippen MR) is 213 cm³/mol. The van der Waals surface area contributed by atoms with Crippen molar-refractivity contribution < 1.29 is 14.4 Å². The van der Waals surface area contributed by atoms with E-state index in [1.54, 1.807) is 4.90 Å². The van der Waals surface area contributed by atoms with Gasteiger partial charge in [0.25, 0.3) is 5.91 Å². The number of nitrogens with one attached hydrogen (secondary N) is 1. The highest BCUT2D eigenvalue weighted by Crippen LogP contribution is 2.36. The van der Waals surface area contributed by atoms with E-state index in [-0.39, 0.29) is 18.4 Å². The van der Waals surface area contributed by atoms with E-state index in [0.29, 0.717) is 30.2 Å². The second-order valence-corrected chi connectivity index (χ2v) is 14.6. The first-order chi connectivity index (χ1) is 25.9. The van der Waals surface area contributed by atoms with Crippen molar-refractivity contribution in [1.82, 2.24) is 5.32 Å². The molecule has 1 aliphatic heterocycles. The second kappa shape index (κ2) is 16.4. The average Bonchev–Trinajstić information content (AvgIpc) is 3.68. The van der Waals surface area contributed by atoms with Crippen LogP contribution in [0.3, 0.4) is 0 Å². The maximum atomic E-state index is 14.9. The van der Waals surface area contributed by atoms with Gasteiger partial charge in [0.1, 0.15) is 0 Å². The zero-order valence-corrected chi connectivity index (χ0v) is 30.4. The molecule has 1 unspecified atom stereocenters. The fourth-order valence-corrected chi connectivity index (χ4v) is 8.18. The van der Waals surface area contributed by atoms with Crippen molar-refractivity contribution in [2.45, 2.75) is 71.0 Å². The highest BCUT2D eigenvalue weighted by Gasteiger charge is 2.39. The number of fused-ring (bicyclic) bond motifs is 2. The van der Waals surface area contributed by atoms with Crippen molar-refractivity contribution in [3.8, 4) is 11.1 Å². The molecule has 3 amide bonds. The minimum Gasteiger partial charge on any atom is -0.369 e. The van der Waals surface area contributed by atoms with E-state index in [4.69, 9.17) is 10.7 Å². The molecule has 270 valence electrons. The molecular weight excluding hydrogens is 657 g/mol. The fourth-order valence-electron chi connectivity index (χ4n) is 8.18. The number of hydrogen-bond acceptors (Lipinski definition) is 4. The Bertz CT molecular complexity index is 2120. The van der Waals surface area contributed by atoms with E-state index in [1.165, 1.54) is 5.39 Å². The molecule has 1 fully saturated rings. The Balaban J connectivity index is 1.26. The van der Waals surface area contributed by atoms with Crippen LogP contribution in [-0.4, -0.2) is 29.6 Å². The van der Waals surface area contributed by atoms with Gasteiger partial charge in [0.05, 0.1) is 17.9 Å². The molecule has 0 radical (unpaired) electrons. The monoisotopic (exact) mass is 704 g/mol. The van der Waals surface area contributed by atoms with Gasteiger partial charge in [-0.05, 0) is 64.4 Å². The Hall–Kier alpha value is -5.56. The predicted octanol–water partition coefficient (Wildman–Crippen LogP) is 8.82. The zero-order chi connectivity index (χ0) is 36.7. The minimum atomic E-state index is -1.21. The van der Waals surface area contributed by atoms with Gasteiger partial charge in [-0.15, -0.1) is 0 Å². The number of nitrogens with zero attached hydrogens (tertiary/aromatic N) is 2. The molecule has 0 aromatic heterocycles. The number of nitrogens with two attached hydrogens (primary N) is 1. The van der Waals surface area contributed by atoms with Gasteiger partial charge in [-0.3, -0.25) is 14.4 Å². The SMILES string of the molecule is CCCC[C@H](C(N)=O)[C@@H](CC1CCCC1)C(=O)NC1N=C(c2ccccc2)c2ccccc2N(Cc2cccc(-c3ccc4ccccc4c3)c2)C1=O. The third-order valence-electron chi connectivity index (χ3n) is 11.0. The number of carbonyl (C=O) groups excluding carboxylic acids is 3. The fraction of sp³-hybridized carbons (Fsp3) is 0.304. The van der Waals surface area contributed by atoms with Gasteiger partial charge < -0.3 is 16.0 Å². The Morgan fingerprint density at radius 2 is 1.49 bits per heavy atom. The molecule has 1 saturated carbocycles. The number of rotatable bonds is 13. The molecule has 7 nitrogen and oxygen atoms in total. The Kier molecular flexibility index (Phi) is 11.1. The van der Waals surface area contributed by atoms with E-state index < -0.39 is 23.9 Å². The number of benzodiazepines with no additional fused rings is 1. The molecule has 0 saturated heterocycles. The zero-order valence-electron chi connectivity index (χ0n) is 30.4. The first kappa shape index (κ1) is 35.8. The van der Waals surface area contributed by atoms with Crippen molar-refractivity contribution in [3.63, 3.8) is 0 Å². The Morgan fingerprint density at radius 3 is 2.26 bits per heavy atom. The number of amides is 3. The number of benzene rings is 5. The van der Waals surface area contributed by atoms with E-state index in [2.05, 4.69) is 54.7 Å². The van der Waals surface area contributed by atoms with E-state index >= 15 is 0 Å². The van der Waals surface area contributed by atoms with Crippen LogP contribution in [0.4, 0.5) is 5.69 Å². The summed E-state index contributed by atoms with van der Waals surface area (Å²) in [6.45, 7) is 2.34. The minimum absolute atomic E-state index is 0.271. The van der Waals surface area contributed by atoms with Crippen LogP contribution in [0, 0.1) is 17.8 Å². The molecule has 7 heteroatoms. The molecular formula is C46H48N4O3. The lowest BCUT2D eigenvalue weighted by atomic mass is 9.80. The van der Waals surface area contributed by atoms with Crippen LogP contribution in [0.5, 0.6) is 0 Å². The van der Waals surface area contributed by atoms with E-state index in [1.807, 2.05) is 78.9 Å². The number of para-hydroxylation sites is 1. The maximum Gasteiger partial charge on any atom is 0.272 e. The summed E-state index contributed by atoms with van der Waals surface area (Å²) in [7, 11) is 0. The Labute approximate surface area is 312 Å². The van der Waals surface area contributed by atoms with Crippen LogP contribution in [0.2, 0.25) is 0 Å². The van der Waals surface area contributed by atoms with Crippen molar-refractivity contribution in [3.05, 3.63) is 138 Å². The van der Waals surface area contributed by atoms with Crippen LogP contribution in [-0.2, 0) is 20.9 Å². The molecule has 53 heavy (non-hydrogen) atoms. The highest BCUT2D eigenvalue weighted by molar-refractivity contribution is 6.20. The second-order valence-electron chi connectivity index (χ2n) is 14.6. The van der Waals surface area contributed by atoms with Crippen molar-refractivity contribution >= 4 is 39.9 Å². The van der Waals surface area contributed by atoms with Gasteiger partial charge in [-0.2, -0.15) is 0 Å². The first-order valence-electron chi connectivity index (χ1n) is 19.1. The number of carbonyl (C=O) groups is 3. The van der Waals surface area contributed by atoms with Gasteiger partial charge in [0, 0.05) is 23.0 Å². The van der Waals surface area contributed by atoms with Crippen LogP contribution >= 0.6 is 0 Å². The van der Waals surface area contributed by atoms with Crippen molar-refractivity contribution in [2.24, 2.45) is 28.5 Å². The maximum absolute atomic E-state index is 14.9. The standard InChI is InChI=1S/C46H48N4O3/c1-2-3-22-38(43(47)51)40(28-31-14-7-8-15-31)45(52)49-44-46(53)50(41-24-12-11-23-39(41)42(48-44)34-18-5-4-6-19-34)30-32-16-13-21-35(27-32)37-26-25-33-17-9-10-20-36(33)29-37/h4-6,9-13,16-21,23-27,29,31,38,40,44H,2-3,7-8,14-15,22,28,30H2,1H3,(H2,47,51)(H,49,52)/t38-,40+,44?/m0/s1. The summed E-state index contributed by atoms with van der Waals surface area (Å²) in [5.74, 6) is -2.04. The summed E-state index contributed by atoms with van der Waals surface area (Å²) >= 11 is 0. The number of aliphatic imine (C=N–C) groups is 1. The molecule has 1 heterocycles. The Morgan fingerprint density at radius 1 is 0.792 bits per heavy atom. The van der Waals surface area contributed by atoms with E-state index in [0.717, 1.165) is 71.7 Å². The molecule has 5 aromatic rings. The van der Waals surface area contributed by atoms with Gasteiger partial charge in [-0.25, -0.2) is 4.99 Å². The van der Waals surface area contributed by atoms with Gasteiger partial charge >= 0.3 is 0 Å². The normalized spacial score (nSPS) is 17.2. The number of anilines is 1. The lowest BCUT2D eigenvalue weighted by molar-refractivity contribution is -0.136. The molecule has 1 aliphatic carbocycles. The molecule has 3 N–H and O–H groups in total. The van der Waals surface area contributed by atoms with Crippen LogP contribution < -0.4 is 16.0 Å². The van der Waals surface area contributed by atoms with Gasteiger partial charge in [0.15, 0.2) is 0 Å². The van der Waals surface area contributed by atoms with E-state index in [9.17, 15) is 14.4 Å². The molecule has 5 aromatic carbocycles. The summed E-state index contributed by atoms with van der Waals surface area (Å²) in [5, 5.41) is 5.42. The third kappa shape index (κ3) is 8.10. The number of unbranched alkanes of at least 4 members (excludes halogenated alkanes) is 1. The largest absolute Gasteiger partial charge is 0.369 e. The lowest BCUT2D eigenvalue weighted by Gasteiger charge is -2.29. The smallest absolute Gasteiger partial charge is 0.272 e. The van der Waals surface area contributed by atoms with Crippen LogP contribution in [0.15, 0.2) is 126 Å². The molecule has 2 aliphatic rings. The first-order valence-corrected chi connectivity index (χ1v) is 19.1. The summed E-state index contributed by atoms with van der Waals surface area (Å²) < 4.78 is 0. The lowest BCUT2D eigenvalue weighted by Crippen LogP contribution is -2.50. The molecule has 3 atom stereocenters. The van der Waals surface area contributed by atoms with Crippen LogP contribution in [0.1, 0.15) is 75.0 Å². The molecule has 7 rings (SSSR count). The third-order valence-corrected chi connectivity index (χ3v) is 11.0. The topological polar surface area (TPSA) is 105 Å². The molecule has 0 bridgehead atoms. The average molecular weight is 705 g/mol. The summed E-state index contributed by atoms with van der Waals surface area (Å²) in [6.07, 6.45) is 5.90. The van der Waals surface area contributed by atoms with Gasteiger partial charge in [0.2, 0.25) is 18.0 Å². The van der Waals surface area contributed by atoms with Gasteiger partial charge in [-0.1, -0.05) is 149 Å². The van der Waals surface area contributed by atoms with Crippen molar-refractivity contribution in [2.75, 3.05) is 4.90 Å². The van der Waals surface area contributed by atoms with Crippen molar-refractivity contribution in [1.29, 1.82) is 0 Å². The number of hydrogen-bond donors (Lipinski definition) is 2. The molecule has 0 spiro atoms. The van der Waals surface area contributed by atoms with Crippen LogP contribution in [0.25, 0.3) is 21.9 Å². The quantitative estimate of drug-likeness (QED) is 0.128. The number of primary amides is 1. The summed E-state index contributed by atoms with van der Waals surface area (Å²) in [4.78, 5) is 49.1. The summed E-state index contributed by atoms with van der Waals surface area (Å²) in [6, 6.07) is 40.6. The highest BCUT2D eigenvalue weighted by atomic mass is 16.2.